The van der Waals surface area contributed by atoms with Gasteiger partial charge in [-0.05, 0) is 99.9 Å². The SMILES string of the molecule is COc1c(CN2O[C@@H](CO)[C@@H]([C@H](C)O)[C@H]2C(=O)N[C@H]2C[C@H]3C[C@@H]([C@@H]2C)C3(C)C)cccc1C(C=CC(=O)N[C@@H](CC(C)C)CN(C)C)=CC(C)=NCC(C)C. The van der Waals surface area contributed by atoms with Crippen molar-refractivity contribution in [3.8, 4) is 5.75 Å². The Morgan fingerprint density at radius 2 is 1.84 bits per heavy atom. The number of para-hydroxylation sites is 1. The average molecular weight is 766 g/mol. The van der Waals surface area contributed by atoms with Gasteiger partial charge < -0.3 is 30.5 Å². The third-order valence-corrected chi connectivity index (χ3v) is 12.2. The number of ether oxygens (including phenoxy) is 1. The van der Waals surface area contributed by atoms with Crippen LogP contribution in [-0.2, 0) is 21.0 Å². The predicted molar refractivity (Wildman–Crippen MR) is 220 cm³/mol. The van der Waals surface area contributed by atoms with E-state index < -0.39 is 24.2 Å². The Labute approximate surface area is 331 Å². The molecule has 0 spiro atoms. The fourth-order valence-electron chi connectivity index (χ4n) is 9.25. The highest BCUT2D eigenvalue weighted by atomic mass is 16.7. The van der Waals surface area contributed by atoms with Crippen molar-refractivity contribution in [3.05, 3.63) is 47.6 Å². The number of hydrogen-bond acceptors (Lipinski definition) is 9. The summed E-state index contributed by atoms with van der Waals surface area (Å²) in [7, 11) is 5.62. The van der Waals surface area contributed by atoms with E-state index in [1.807, 2.05) is 45.3 Å². The lowest BCUT2D eigenvalue weighted by Crippen LogP contribution is -2.62. The number of benzene rings is 1. The third kappa shape index (κ3) is 11.1. The summed E-state index contributed by atoms with van der Waals surface area (Å²) < 4.78 is 6.10. The molecule has 0 unspecified atom stereocenters. The van der Waals surface area contributed by atoms with Crippen molar-refractivity contribution >= 4 is 23.1 Å². The molecule has 0 radical (unpaired) electrons. The fraction of sp³-hybridized carbons (Fsp3) is 0.705. The first-order valence-electron chi connectivity index (χ1n) is 20.4. The van der Waals surface area contributed by atoms with E-state index in [-0.39, 0.29) is 42.5 Å². The number of hydrogen-bond donors (Lipinski definition) is 4. The molecule has 3 saturated carbocycles. The molecule has 1 aliphatic heterocycles. The molecule has 1 heterocycles. The zero-order valence-corrected chi connectivity index (χ0v) is 35.6. The number of methoxy groups -OCH3 is 1. The first-order chi connectivity index (χ1) is 25.9. The lowest BCUT2D eigenvalue weighted by molar-refractivity contribution is -0.183. The lowest BCUT2D eigenvalue weighted by Gasteiger charge is -2.62. The molecule has 4 aliphatic rings. The maximum absolute atomic E-state index is 14.3. The van der Waals surface area contributed by atoms with Gasteiger partial charge in [0.05, 0.1) is 26.4 Å². The number of rotatable bonds is 18. The minimum Gasteiger partial charge on any atom is -0.496 e. The molecule has 5 rings (SSSR count). The molecule has 308 valence electrons. The van der Waals surface area contributed by atoms with Gasteiger partial charge in [0.1, 0.15) is 17.9 Å². The van der Waals surface area contributed by atoms with Crippen molar-refractivity contribution in [3.63, 3.8) is 0 Å². The second kappa shape index (κ2) is 19.4. The van der Waals surface area contributed by atoms with E-state index in [1.165, 1.54) is 6.42 Å². The Morgan fingerprint density at radius 1 is 1.13 bits per heavy atom. The molecule has 11 nitrogen and oxygen atoms in total. The number of aliphatic hydroxyl groups excluding tert-OH is 2. The van der Waals surface area contributed by atoms with Gasteiger partial charge in [-0.3, -0.25) is 19.4 Å². The second-order valence-electron chi connectivity index (χ2n) is 18.1. The van der Waals surface area contributed by atoms with Gasteiger partial charge in [-0.15, -0.1) is 0 Å². The number of aliphatic imine (C=N–C) groups is 1. The van der Waals surface area contributed by atoms with E-state index in [1.54, 1.807) is 31.2 Å². The summed E-state index contributed by atoms with van der Waals surface area (Å²) in [4.78, 5) is 40.8. The first-order valence-corrected chi connectivity index (χ1v) is 20.4. The fourth-order valence-corrected chi connectivity index (χ4v) is 9.25. The molecule has 1 aromatic rings. The van der Waals surface area contributed by atoms with Gasteiger partial charge in [0, 0.05) is 54.0 Å². The minimum absolute atomic E-state index is 0.00413. The Kier molecular flexibility index (Phi) is 15.7. The van der Waals surface area contributed by atoms with Crippen LogP contribution in [0.3, 0.4) is 0 Å². The van der Waals surface area contributed by atoms with Crippen LogP contribution < -0.4 is 15.4 Å². The maximum Gasteiger partial charge on any atom is 0.244 e. The van der Waals surface area contributed by atoms with Crippen LogP contribution in [-0.4, -0.2) is 109 Å². The third-order valence-electron chi connectivity index (χ3n) is 12.2. The standard InChI is InChI=1S/C44H71N5O6/c1-26(2)18-34(24-48(10)11)46-39(52)17-16-31(19-28(5)45-22-27(3)4)35-15-13-14-32(42(35)54-12)23-49-41(40(30(7)51)38(25-50)55-49)43(53)47-37-21-33-20-36(29(37)6)44(33,8)9/h13-17,19,26-27,29-30,33-34,36-38,40-41,50-51H,18,20-25H2,1-12H3,(H,46,52)(H,47,53)/t29-,30-,33+,34-,36-,37-,38-,40+,41-/m0/s1. The van der Waals surface area contributed by atoms with Crippen LogP contribution in [0.25, 0.3) is 5.57 Å². The van der Waals surface area contributed by atoms with Crippen LogP contribution in [0.15, 0.2) is 41.4 Å². The summed E-state index contributed by atoms with van der Waals surface area (Å²) in [6.45, 7) is 20.3. The maximum atomic E-state index is 14.3. The van der Waals surface area contributed by atoms with E-state index in [4.69, 9.17) is 14.6 Å². The number of likely N-dealkylation sites (N-methyl/N-ethyl adjacent to an activating group) is 1. The summed E-state index contributed by atoms with van der Waals surface area (Å²) in [6.07, 6.45) is 6.66. The lowest BCUT2D eigenvalue weighted by atomic mass is 9.45. The van der Waals surface area contributed by atoms with Gasteiger partial charge >= 0.3 is 0 Å². The largest absolute Gasteiger partial charge is 0.496 e. The number of allylic oxidation sites excluding steroid dienone is 3. The van der Waals surface area contributed by atoms with E-state index >= 15 is 0 Å². The van der Waals surface area contributed by atoms with Gasteiger partial charge in [0.15, 0.2) is 0 Å². The first kappa shape index (κ1) is 44.6. The normalized spacial score (nSPS) is 28.1. The summed E-state index contributed by atoms with van der Waals surface area (Å²) in [5, 5.41) is 29.5. The van der Waals surface area contributed by atoms with Gasteiger partial charge in [-0.2, -0.15) is 5.06 Å². The number of hydroxylamine groups is 2. The van der Waals surface area contributed by atoms with Crippen molar-refractivity contribution in [2.75, 3.05) is 40.9 Å². The van der Waals surface area contributed by atoms with E-state index in [2.05, 4.69) is 64.0 Å². The number of fused-ring (bicyclic) bond motifs is 2. The summed E-state index contributed by atoms with van der Waals surface area (Å²) >= 11 is 0. The molecule has 2 bridgehead atoms. The Morgan fingerprint density at radius 3 is 2.40 bits per heavy atom. The monoisotopic (exact) mass is 766 g/mol. The highest BCUT2D eigenvalue weighted by Crippen LogP contribution is 2.61. The van der Waals surface area contributed by atoms with Crippen molar-refractivity contribution in [2.24, 2.45) is 45.9 Å². The van der Waals surface area contributed by atoms with Crippen LogP contribution in [0.2, 0.25) is 0 Å². The van der Waals surface area contributed by atoms with Crippen LogP contribution in [0.4, 0.5) is 0 Å². The molecule has 3 aliphatic carbocycles. The number of nitrogens with zero attached hydrogens (tertiary/aromatic N) is 3. The Balaban J connectivity index is 1.67. The molecule has 4 N–H and O–H groups in total. The van der Waals surface area contributed by atoms with Gasteiger partial charge in [-0.25, -0.2) is 0 Å². The molecule has 9 atom stereocenters. The van der Waals surface area contributed by atoms with Crippen molar-refractivity contribution < 1.29 is 29.4 Å². The van der Waals surface area contributed by atoms with Gasteiger partial charge in [0.25, 0.3) is 0 Å². The number of aliphatic hydroxyl groups is 2. The van der Waals surface area contributed by atoms with Crippen LogP contribution >= 0.6 is 0 Å². The number of nitrogens with one attached hydrogen (secondary N) is 2. The van der Waals surface area contributed by atoms with Crippen LogP contribution in [0.5, 0.6) is 5.75 Å². The molecule has 11 heteroatoms. The molecule has 4 fully saturated rings. The van der Waals surface area contributed by atoms with Crippen molar-refractivity contribution in [2.45, 2.75) is 118 Å². The average Bonchev–Trinajstić information content (AvgIpc) is 3.47. The van der Waals surface area contributed by atoms with Crippen LogP contribution in [0, 0.1) is 40.9 Å². The Hall–Kier alpha value is -3.09. The molecule has 1 saturated heterocycles. The topological polar surface area (TPSA) is 136 Å². The molecule has 55 heavy (non-hydrogen) atoms. The molecular weight excluding hydrogens is 695 g/mol. The zero-order chi connectivity index (χ0) is 40.8. The van der Waals surface area contributed by atoms with E-state index in [0.29, 0.717) is 41.9 Å². The highest BCUT2D eigenvalue weighted by molar-refractivity contribution is 6.03. The number of carbonyl (C=O) groups excluding carboxylic acids is 2. The number of carbonyl (C=O) groups is 2. The highest BCUT2D eigenvalue weighted by Gasteiger charge is 2.57. The quantitative estimate of drug-likeness (QED) is 0.0875. The summed E-state index contributed by atoms with van der Waals surface area (Å²) in [6, 6.07) is 4.99. The van der Waals surface area contributed by atoms with Crippen molar-refractivity contribution in [1.29, 1.82) is 0 Å². The number of amides is 2. The molecule has 1 aromatic carbocycles. The van der Waals surface area contributed by atoms with Crippen LogP contribution in [0.1, 0.15) is 92.7 Å². The summed E-state index contributed by atoms with van der Waals surface area (Å²) in [5.41, 5.74) is 3.33. The van der Waals surface area contributed by atoms with E-state index in [9.17, 15) is 19.8 Å². The van der Waals surface area contributed by atoms with E-state index in [0.717, 1.165) is 41.8 Å². The molecular formula is C44H71N5O6. The zero-order valence-electron chi connectivity index (χ0n) is 35.6. The predicted octanol–water partition coefficient (Wildman–Crippen LogP) is 5.50. The van der Waals surface area contributed by atoms with Crippen molar-refractivity contribution in [1.82, 2.24) is 20.6 Å². The molecule has 0 aromatic heterocycles. The molecule has 2 amide bonds. The Bertz CT molecular complexity index is 1540. The second-order valence-corrected chi connectivity index (χ2v) is 18.1. The summed E-state index contributed by atoms with van der Waals surface area (Å²) in [5.74, 6) is 1.80. The van der Waals surface area contributed by atoms with Gasteiger partial charge in [-0.1, -0.05) is 66.7 Å². The van der Waals surface area contributed by atoms with Gasteiger partial charge in [0.2, 0.25) is 11.8 Å². The smallest absolute Gasteiger partial charge is 0.244 e. The minimum atomic E-state index is -0.904.